The molecule has 0 fully saturated rings. The summed E-state index contributed by atoms with van der Waals surface area (Å²) < 4.78 is 4.59. The SMILES string of the molecule is COC(=O)c1ccc(C)c(NC(=O)CCC(=O)O)c1. The molecule has 2 N–H and O–H groups in total. The first-order valence-corrected chi connectivity index (χ1v) is 5.64. The van der Waals surface area contributed by atoms with Crippen LogP contribution in [-0.4, -0.2) is 30.1 Å². The van der Waals surface area contributed by atoms with Crippen LogP contribution in [0.2, 0.25) is 0 Å². The molecule has 6 heteroatoms. The largest absolute Gasteiger partial charge is 0.481 e. The Balaban J connectivity index is 2.79. The van der Waals surface area contributed by atoms with Gasteiger partial charge < -0.3 is 15.2 Å². The molecule has 0 spiro atoms. The molecule has 0 aromatic heterocycles. The van der Waals surface area contributed by atoms with E-state index < -0.39 is 17.8 Å². The van der Waals surface area contributed by atoms with Gasteiger partial charge in [-0.25, -0.2) is 4.79 Å². The van der Waals surface area contributed by atoms with E-state index in [-0.39, 0.29) is 12.8 Å². The topological polar surface area (TPSA) is 92.7 Å². The Morgan fingerprint density at radius 3 is 2.53 bits per heavy atom. The number of hydrogen-bond donors (Lipinski definition) is 2. The Morgan fingerprint density at radius 1 is 1.26 bits per heavy atom. The van der Waals surface area contributed by atoms with Gasteiger partial charge in [0.15, 0.2) is 0 Å². The highest BCUT2D eigenvalue weighted by atomic mass is 16.5. The number of carbonyl (C=O) groups is 3. The summed E-state index contributed by atoms with van der Waals surface area (Å²) in [6.07, 6.45) is -0.348. The maximum absolute atomic E-state index is 11.5. The van der Waals surface area contributed by atoms with E-state index in [4.69, 9.17) is 5.11 Å². The van der Waals surface area contributed by atoms with Gasteiger partial charge >= 0.3 is 11.9 Å². The van der Waals surface area contributed by atoms with E-state index in [0.717, 1.165) is 5.56 Å². The number of aryl methyl sites for hydroxylation is 1. The van der Waals surface area contributed by atoms with Crippen LogP contribution in [-0.2, 0) is 14.3 Å². The number of amides is 1. The number of rotatable bonds is 5. The van der Waals surface area contributed by atoms with Gasteiger partial charge in [-0.1, -0.05) is 6.07 Å². The van der Waals surface area contributed by atoms with Gasteiger partial charge in [0.25, 0.3) is 0 Å². The fourth-order valence-electron chi connectivity index (χ4n) is 1.43. The fraction of sp³-hybridized carbons (Fsp3) is 0.308. The summed E-state index contributed by atoms with van der Waals surface area (Å²) in [7, 11) is 1.27. The van der Waals surface area contributed by atoms with Crippen molar-refractivity contribution in [2.45, 2.75) is 19.8 Å². The molecular weight excluding hydrogens is 250 g/mol. The molecule has 0 aliphatic carbocycles. The first kappa shape index (κ1) is 14.7. The number of methoxy groups -OCH3 is 1. The van der Waals surface area contributed by atoms with Gasteiger partial charge in [0.1, 0.15) is 0 Å². The van der Waals surface area contributed by atoms with Gasteiger partial charge in [0, 0.05) is 12.1 Å². The predicted octanol–water partition coefficient (Wildman–Crippen LogP) is 1.58. The number of esters is 1. The van der Waals surface area contributed by atoms with E-state index in [2.05, 4.69) is 10.1 Å². The predicted molar refractivity (Wildman–Crippen MR) is 68.0 cm³/mol. The quantitative estimate of drug-likeness (QED) is 0.788. The van der Waals surface area contributed by atoms with Crippen LogP contribution in [0.4, 0.5) is 5.69 Å². The van der Waals surface area contributed by atoms with E-state index in [1.165, 1.54) is 13.2 Å². The summed E-state index contributed by atoms with van der Waals surface area (Å²) in [6, 6.07) is 4.77. The lowest BCUT2D eigenvalue weighted by Gasteiger charge is -2.09. The van der Waals surface area contributed by atoms with E-state index in [1.807, 2.05) is 0 Å². The highest BCUT2D eigenvalue weighted by Crippen LogP contribution is 2.18. The fourth-order valence-corrected chi connectivity index (χ4v) is 1.43. The summed E-state index contributed by atoms with van der Waals surface area (Å²) in [5.74, 6) is -1.94. The second-order valence-electron chi connectivity index (χ2n) is 3.96. The van der Waals surface area contributed by atoms with Crippen molar-refractivity contribution in [3.8, 4) is 0 Å². The van der Waals surface area contributed by atoms with Crippen molar-refractivity contribution < 1.29 is 24.2 Å². The zero-order valence-corrected chi connectivity index (χ0v) is 10.7. The second kappa shape index (κ2) is 6.53. The van der Waals surface area contributed by atoms with E-state index in [1.54, 1.807) is 19.1 Å². The normalized spacial score (nSPS) is 9.79. The summed E-state index contributed by atoms with van der Waals surface area (Å²) in [4.78, 5) is 33.3. The lowest BCUT2D eigenvalue weighted by Crippen LogP contribution is -2.14. The van der Waals surface area contributed by atoms with Gasteiger partial charge in [0.05, 0.1) is 19.1 Å². The molecule has 1 rings (SSSR count). The van der Waals surface area contributed by atoms with Crippen molar-refractivity contribution in [1.29, 1.82) is 0 Å². The summed E-state index contributed by atoms with van der Waals surface area (Å²) in [6.45, 7) is 1.77. The molecule has 0 atom stereocenters. The molecule has 0 heterocycles. The maximum Gasteiger partial charge on any atom is 0.337 e. The smallest absolute Gasteiger partial charge is 0.337 e. The van der Waals surface area contributed by atoms with Gasteiger partial charge in [-0.2, -0.15) is 0 Å². The zero-order valence-electron chi connectivity index (χ0n) is 10.7. The molecule has 1 aromatic carbocycles. The van der Waals surface area contributed by atoms with Gasteiger partial charge in [-0.05, 0) is 24.6 Å². The molecule has 6 nitrogen and oxygen atoms in total. The lowest BCUT2D eigenvalue weighted by molar-refractivity contribution is -0.138. The van der Waals surface area contributed by atoms with Crippen LogP contribution >= 0.6 is 0 Å². The average molecular weight is 265 g/mol. The molecule has 0 saturated carbocycles. The monoisotopic (exact) mass is 265 g/mol. The number of carboxylic acids is 1. The Hall–Kier alpha value is -2.37. The van der Waals surface area contributed by atoms with Crippen LogP contribution in [0, 0.1) is 6.92 Å². The third kappa shape index (κ3) is 4.42. The number of ether oxygens (including phenoxy) is 1. The second-order valence-corrected chi connectivity index (χ2v) is 3.96. The standard InChI is InChI=1S/C13H15NO5/c1-8-3-4-9(13(18)19-2)7-10(8)14-11(15)5-6-12(16)17/h3-4,7H,5-6H2,1-2H3,(H,14,15)(H,16,17). The Morgan fingerprint density at radius 2 is 1.95 bits per heavy atom. The van der Waals surface area contributed by atoms with Crippen LogP contribution in [0.5, 0.6) is 0 Å². The van der Waals surface area contributed by atoms with Crippen LogP contribution in [0.1, 0.15) is 28.8 Å². The molecule has 1 aromatic rings. The molecule has 102 valence electrons. The third-order valence-electron chi connectivity index (χ3n) is 2.50. The van der Waals surface area contributed by atoms with Crippen molar-refractivity contribution in [2.75, 3.05) is 12.4 Å². The Kier molecular flexibility index (Phi) is 5.05. The van der Waals surface area contributed by atoms with Crippen LogP contribution in [0.25, 0.3) is 0 Å². The van der Waals surface area contributed by atoms with E-state index >= 15 is 0 Å². The minimum atomic E-state index is -1.03. The van der Waals surface area contributed by atoms with Crippen molar-refractivity contribution in [3.05, 3.63) is 29.3 Å². The first-order valence-electron chi connectivity index (χ1n) is 5.64. The molecule has 0 bridgehead atoms. The van der Waals surface area contributed by atoms with Gasteiger partial charge in [-0.15, -0.1) is 0 Å². The maximum atomic E-state index is 11.5. The summed E-state index contributed by atoms with van der Waals surface area (Å²) in [5, 5.41) is 11.1. The molecular formula is C13H15NO5. The van der Waals surface area contributed by atoms with Crippen molar-refractivity contribution >= 4 is 23.5 Å². The van der Waals surface area contributed by atoms with Crippen molar-refractivity contribution in [1.82, 2.24) is 0 Å². The molecule has 1 amide bonds. The number of benzene rings is 1. The summed E-state index contributed by atoms with van der Waals surface area (Å²) >= 11 is 0. The van der Waals surface area contributed by atoms with Crippen LogP contribution < -0.4 is 5.32 Å². The molecule has 19 heavy (non-hydrogen) atoms. The summed E-state index contributed by atoms with van der Waals surface area (Å²) in [5.41, 5.74) is 1.57. The molecule has 0 radical (unpaired) electrons. The van der Waals surface area contributed by atoms with Crippen LogP contribution in [0.15, 0.2) is 18.2 Å². The average Bonchev–Trinajstić information content (AvgIpc) is 2.38. The molecule has 0 unspecified atom stereocenters. The number of anilines is 1. The van der Waals surface area contributed by atoms with Gasteiger partial charge in [-0.3, -0.25) is 9.59 Å². The minimum Gasteiger partial charge on any atom is -0.481 e. The van der Waals surface area contributed by atoms with E-state index in [9.17, 15) is 14.4 Å². The minimum absolute atomic E-state index is 0.114. The number of carboxylic acid groups (broad SMARTS) is 1. The zero-order chi connectivity index (χ0) is 14.4. The number of aliphatic carboxylic acids is 1. The van der Waals surface area contributed by atoms with Crippen molar-refractivity contribution in [3.63, 3.8) is 0 Å². The number of nitrogens with one attached hydrogen (secondary N) is 1. The molecule has 0 aliphatic heterocycles. The molecule has 0 aliphatic rings. The highest BCUT2D eigenvalue weighted by molar-refractivity contribution is 5.96. The number of hydrogen-bond acceptors (Lipinski definition) is 4. The third-order valence-corrected chi connectivity index (χ3v) is 2.50. The van der Waals surface area contributed by atoms with Crippen molar-refractivity contribution in [2.24, 2.45) is 0 Å². The van der Waals surface area contributed by atoms with E-state index in [0.29, 0.717) is 11.3 Å². The Labute approximate surface area is 110 Å². The Bertz CT molecular complexity index is 510. The highest BCUT2D eigenvalue weighted by Gasteiger charge is 2.11. The number of carbonyl (C=O) groups excluding carboxylic acids is 2. The lowest BCUT2D eigenvalue weighted by atomic mass is 10.1. The molecule has 0 saturated heterocycles. The first-order chi connectivity index (χ1) is 8.93. The van der Waals surface area contributed by atoms with Gasteiger partial charge in [0.2, 0.25) is 5.91 Å². The van der Waals surface area contributed by atoms with Crippen LogP contribution in [0.3, 0.4) is 0 Å².